The van der Waals surface area contributed by atoms with E-state index in [0.29, 0.717) is 12.3 Å². The van der Waals surface area contributed by atoms with E-state index in [1.807, 2.05) is 30.3 Å². The Morgan fingerprint density at radius 2 is 2.00 bits per heavy atom. The van der Waals surface area contributed by atoms with Gasteiger partial charge in [-0.25, -0.2) is 12.7 Å². The average Bonchev–Trinajstić information content (AvgIpc) is 3.02. The van der Waals surface area contributed by atoms with Crippen molar-refractivity contribution in [3.63, 3.8) is 0 Å². The van der Waals surface area contributed by atoms with Crippen molar-refractivity contribution in [2.45, 2.75) is 50.4 Å². The molecule has 4 rings (SSSR count). The third kappa shape index (κ3) is 2.36. The van der Waals surface area contributed by atoms with Crippen LogP contribution in [0.25, 0.3) is 0 Å². The van der Waals surface area contributed by atoms with Crippen LogP contribution in [0.15, 0.2) is 30.3 Å². The van der Waals surface area contributed by atoms with Crippen molar-refractivity contribution in [2.75, 3.05) is 5.75 Å². The Morgan fingerprint density at radius 3 is 2.64 bits per heavy atom. The molecular weight excluding hydrogens is 402 g/mol. The van der Waals surface area contributed by atoms with Crippen molar-refractivity contribution < 1.29 is 13.2 Å². The third-order valence-electron chi connectivity index (χ3n) is 7.15. The molecule has 2 bridgehead atoms. The second-order valence-electron chi connectivity index (χ2n) is 8.41. The predicted molar refractivity (Wildman–Crippen MR) is 101 cm³/mol. The molecule has 1 aromatic carbocycles. The highest BCUT2D eigenvalue weighted by Gasteiger charge is 2.72. The number of carbonyl (C=O) groups excluding carboxylic acids is 1. The number of fused-ring (bicyclic) bond motifs is 1. The van der Waals surface area contributed by atoms with Crippen LogP contribution < -0.4 is 0 Å². The molecule has 1 aliphatic heterocycles. The third-order valence-corrected chi connectivity index (χ3v) is 9.78. The summed E-state index contributed by atoms with van der Waals surface area (Å²) in [6.07, 6.45) is 3.33. The molecule has 0 unspecified atom stereocenters. The molecule has 4 atom stereocenters. The lowest BCUT2D eigenvalue weighted by atomic mass is 9.69. The van der Waals surface area contributed by atoms with Gasteiger partial charge in [-0.3, -0.25) is 4.79 Å². The standard InChI is InChI=1S/C19H24BrNO3S/c1-18(2)14-8-9-19(18)12-25(23,24)21(16(19)11-14)17(22)15(20)10-13-6-4-3-5-7-13/h3-7,14-16H,8-12H2,1-2H3/t14-,15+,16-,19-/m1/s1. The molecule has 3 fully saturated rings. The Labute approximate surface area is 158 Å². The van der Waals surface area contributed by atoms with Crippen LogP contribution in [0.2, 0.25) is 0 Å². The summed E-state index contributed by atoms with van der Waals surface area (Å²) in [5.74, 6) is 0.352. The van der Waals surface area contributed by atoms with Gasteiger partial charge >= 0.3 is 0 Å². The second-order valence-corrected chi connectivity index (χ2v) is 11.4. The first-order valence-electron chi connectivity index (χ1n) is 8.93. The summed E-state index contributed by atoms with van der Waals surface area (Å²) in [5, 5.41) is 0. The molecule has 1 amide bonds. The van der Waals surface area contributed by atoms with Gasteiger partial charge in [-0.15, -0.1) is 0 Å². The predicted octanol–water partition coefficient (Wildman–Crippen LogP) is 3.36. The van der Waals surface area contributed by atoms with Gasteiger partial charge in [-0.1, -0.05) is 60.1 Å². The molecule has 1 aromatic rings. The van der Waals surface area contributed by atoms with E-state index in [2.05, 4.69) is 29.8 Å². The van der Waals surface area contributed by atoms with Crippen molar-refractivity contribution in [3.05, 3.63) is 35.9 Å². The largest absolute Gasteiger partial charge is 0.272 e. The van der Waals surface area contributed by atoms with Gasteiger partial charge in [-0.2, -0.15) is 0 Å². The molecule has 2 saturated carbocycles. The first kappa shape index (κ1) is 17.5. The number of halogens is 1. The summed E-state index contributed by atoms with van der Waals surface area (Å²) in [6, 6.07) is 9.55. The summed E-state index contributed by atoms with van der Waals surface area (Å²) in [5.41, 5.74) is 0.754. The lowest BCUT2D eigenvalue weighted by Crippen LogP contribution is -2.47. The van der Waals surface area contributed by atoms with E-state index in [4.69, 9.17) is 0 Å². The molecule has 0 N–H and O–H groups in total. The summed E-state index contributed by atoms with van der Waals surface area (Å²) < 4.78 is 27.1. The number of rotatable bonds is 3. The lowest BCUT2D eigenvalue weighted by Gasteiger charge is -2.37. The Morgan fingerprint density at radius 1 is 1.32 bits per heavy atom. The first-order chi connectivity index (χ1) is 11.7. The molecule has 1 spiro atoms. The number of alkyl halides is 1. The number of hydrogen-bond donors (Lipinski definition) is 0. The average molecular weight is 426 g/mol. The highest BCUT2D eigenvalue weighted by Crippen LogP contribution is 2.70. The quantitative estimate of drug-likeness (QED) is 0.697. The Balaban J connectivity index is 1.63. The van der Waals surface area contributed by atoms with Crippen LogP contribution in [-0.2, 0) is 21.2 Å². The SMILES string of the molecule is CC1(C)[C@@H]2CC[C@]13CS(=O)(=O)N(C(=O)[C@@H](Br)Cc1ccccc1)[C@@H]3C2. The molecule has 25 heavy (non-hydrogen) atoms. The van der Waals surface area contributed by atoms with E-state index < -0.39 is 14.9 Å². The van der Waals surface area contributed by atoms with Gasteiger partial charge in [0.1, 0.15) is 0 Å². The molecule has 4 nitrogen and oxygen atoms in total. The van der Waals surface area contributed by atoms with Crippen LogP contribution >= 0.6 is 15.9 Å². The summed E-state index contributed by atoms with van der Waals surface area (Å²) in [6.45, 7) is 4.40. The smallest absolute Gasteiger partial charge is 0.250 e. The van der Waals surface area contributed by atoms with E-state index in [1.165, 1.54) is 4.31 Å². The number of amides is 1. The first-order valence-corrected chi connectivity index (χ1v) is 11.5. The minimum Gasteiger partial charge on any atom is -0.272 e. The van der Waals surface area contributed by atoms with Gasteiger partial charge in [0.15, 0.2) is 0 Å². The van der Waals surface area contributed by atoms with E-state index >= 15 is 0 Å². The van der Waals surface area contributed by atoms with Crippen LogP contribution in [0.3, 0.4) is 0 Å². The monoisotopic (exact) mass is 425 g/mol. The fourth-order valence-electron chi connectivity index (χ4n) is 5.63. The number of nitrogens with zero attached hydrogens (tertiary/aromatic N) is 1. The van der Waals surface area contributed by atoms with E-state index in [9.17, 15) is 13.2 Å². The maximum Gasteiger partial charge on any atom is 0.250 e. The van der Waals surface area contributed by atoms with Gasteiger partial charge in [0, 0.05) is 5.41 Å². The molecule has 136 valence electrons. The van der Waals surface area contributed by atoms with Gasteiger partial charge in [0.2, 0.25) is 15.9 Å². The van der Waals surface area contributed by atoms with Crippen molar-refractivity contribution >= 4 is 31.9 Å². The molecule has 1 saturated heterocycles. The Kier molecular flexibility index (Phi) is 3.90. The summed E-state index contributed by atoms with van der Waals surface area (Å²) in [7, 11) is -3.54. The maximum atomic E-state index is 13.1. The lowest BCUT2D eigenvalue weighted by molar-refractivity contribution is -0.128. The molecular formula is C19H24BrNO3S. The molecule has 3 aliphatic rings. The summed E-state index contributed by atoms with van der Waals surface area (Å²) in [4.78, 5) is 12.6. The highest BCUT2D eigenvalue weighted by molar-refractivity contribution is 9.10. The van der Waals surface area contributed by atoms with Crippen LogP contribution in [0.5, 0.6) is 0 Å². The van der Waals surface area contributed by atoms with E-state index in [0.717, 1.165) is 24.8 Å². The van der Waals surface area contributed by atoms with Crippen molar-refractivity contribution in [2.24, 2.45) is 16.7 Å². The van der Waals surface area contributed by atoms with Crippen molar-refractivity contribution in [1.29, 1.82) is 0 Å². The molecule has 6 heteroatoms. The number of benzene rings is 1. The Hall–Kier alpha value is -0.880. The normalized spacial score (nSPS) is 35.6. The number of sulfonamides is 1. The summed E-state index contributed by atoms with van der Waals surface area (Å²) >= 11 is 3.46. The topological polar surface area (TPSA) is 54.5 Å². The zero-order chi connectivity index (χ0) is 18.0. The highest BCUT2D eigenvalue weighted by atomic mass is 79.9. The van der Waals surface area contributed by atoms with E-state index in [-0.39, 0.29) is 28.5 Å². The zero-order valence-electron chi connectivity index (χ0n) is 14.6. The maximum absolute atomic E-state index is 13.1. The number of carbonyl (C=O) groups is 1. The Bertz CT molecular complexity index is 807. The molecule has 2 aliphatic carbocycles. The van der Waals surface area contributed by atoms with Gasteiger partial charge < -0.3 is 0 Å². The van der Waals surface area contributed by atoms with Gasteiger partial charge in [0.05, 0.1) is 16.6 Å². The minimum atomic E-state index is -3.54. The van der Waals surface area contributed by atoms with Gasteiger partial charge in [-0.05, 0) is 42.6 Å². The molecule has 0 aromatic heterocycles. The van der Waals surface area contributed by atoms with Crippen LogP contribution in [0.1, 0.15) is 38.7 Å². The van der Waals surface area contributed by atoms with E-state index in [1.54, 1.807) is 0 Å². The second kappa shape index (κ2) is 5.56. The van der Waals surface area contributed by atoms with Crippen LogP contribution in [0.4, 0.5) is 0 Å². The minimum absolute atomic E-state index is 0.0129. The van der Waals surface area contributed by atoms with Crippen LogP contribution in [-0.4, -0.2) is 35.3 Å². The number of hydrogen-bond acceptors (Lipinski definition) is 3. The fourth-order valence-corrected chi connectivity index (χ4v) is 8.93. The van der Waals surface area contributed by atoms with Gasteiger partial charge in [0.25, 0.3) is 0 Å². The molecule has 1 heterocycles. The zero-order valence-corrected chi connectivity index (χ0v) is 17.0. The van der Waals surface area contributed by atoms with Crippen LogP contribution in [0, 0.1) is 16.7 Å². The van der Waals surface area contributed by atoms with Crippen molar-refractivity contribution in [3.8, 4) is 0 Å². The van der Waals surface area contributed by atoms with Crippen molar-refractivity contribution in [1.82, 2.24) is 4.31 Å². The molecule has 0 radical (unpaired) electrons. The fraction of sp³-hybridized carbons (Fsp3) is 0.632.